The molecule has 1 aliphatic heterocycles. The predicted molar refractivity (Wildman–Crippen MR) is 99.4 cm³/mol. The van der Waals surface area contributed by atoms with Crippen LogP contribution in [0.15, 0.2) is 54.6 Å². The molecule has 0 spiro atoms. The number of hydrogen-bond donors (Lipinski definition) is 1. The molecule has 26 heavy (non-hydrogen) atoms. The smallest absolute Gasteiger partial charge is 0.321 e. The Morgan fingerprint density at radius 1 is 1.04 bits per heavy atom. The third-order valence-electron chi connectivity index (χ3n) is 3.98. The van der Waals surface area contributed by atoms with E-state index in [0.29, 0.717) is 46.1 Å². The number of hydrogen-bond acceptors (Lipinski definition) is 4. The highest BCUT2D eigenvalue weighted by Crippen LogP contribution is 2.13. The molecule has 0 saturated carbocycles. The first-order chi connectivity index (χ1) is 12.8. The van der Waals surface area contributed by atoms with Gasteiger partial charge in [0.05, 0.1) is 26.4 Å². The summed E-state index contributed by atoms with van der Waals surface area (Å²) in [4.78, 5) is 14.0. The maximum absolute atomic E-state index is 12.2. The largest absolute Gasteiger partial charge is 0.491 e. The van der Waals surface area contributed by atoms with Crippen molar-refractivity contribution in [2.24, 2.45) is 0 Å². The van der Waals surface area contributed by atoms with Gasteiger partial charge in [0.25, 0.3) is 0 Å². The van der Waals surface area contributed by atoms with Gasteiger partial charge in [-0.1, -0.05) is 30.3 Å². The monoisotopic (exact) mass is 356 g/mol. The van der Waals surface area contributed by atoms with E-state index in [4.69, 9.17) is 14.2 Å². The van der Waals surface area contributed by atoms with Gasteiger partial charge < -0.3 is 24.4 Å². The summed E-state index contributed by atoms with van der Waals surface area (Å²) in [5.41, 5.74) is 1.77. The molecule has 2 amide bonds. The summed E-state index contributed by atoms with van der Waals surface area (Å²) in [6.45, 7) is 3.89. The van der Waals surface area contributed by atoms with Gasteiger partial charge in [0.15, 0.2) is 0 Å². The molecular weight excluding hydrogens is 332 g/mol. The van der Waals surface area contributed by atoms with Crippen molar-refractivity contribution in [2.75, 3.05) is 44.8 Å². The molecule has 138 valence electrons. The van der Waals surface area contributed by atoms with Gasteiger partial charge in [-0.3, -0.25) is 0 Å². The van der Waals surface area contributed by atoms with Crippen LogP contribution in [0.2, 0.25) is 0 Å². The molecule has 1 fully saturated rings. The van der Waals surface area contributed by atoms with Crippen LogP contribution in [-0.2, 0) is 16.1 Å². The minimum absolute atomic E-state index is 0.0948. The minimum atomic E-state index is -0.0948. The number of morpholine rings is 1. The molecule has 1 saturated heterocycles. The topological polar surface area (TPSA) is 60.0 Å². The van der Waals surface area contributed by atoms with Gasteiger partial charge in [-0.05, 0) is 29.8 Å². The average molecular weight is 356 g/mol. The Morgan fingerprint density at radius 3 is 2.65 bits per heavy atom. The van der Waals surface area contributed by atoms with Gasteiger partial charge in [-0.25, -0.2) is 4.79 Å². The van der Waals surface area contributed by atoms with E-state index in [1.54, 1.807) is 4.90 Å². The molecule has 1 aliphatic rings. The van der Waals surface area contributed by atoms with Gasteiger partial charge >= 0.3 is 6.03 Å². The van der Waals surface area contributed by atoms with Gasteiger partial charge in [0, 0.05) is 18.8 Å². The van der Waals surface area contributed by atoms with Gasteiger partial charge in [-0.15, -0.1) is 0 Å². The molecule has 0 aliphatic carbocycles. The van der Waals surface area contributed by atoms with Crippen molar-refractivity contribution in [3.8, 4) is 5.75 Å². The van der Waals surface area contributed by atoms with E-state index in [-0.39, 0.29) is 6.03 Å². The second-order valence-corrected chi connectivity index (χ2v) is 5.94. The first-order valence-corrected chi connectivity index (χ1v) is 8.79. The Kier molecular flexibility index (Phi) is 6.87. The van der Waals surface area contributed by atoms with Crippen LogP contribution in [0.4, 0.5) is 10.5 Å². The molecule has 0 unspecified atom stereocenters. The fraction of sp³-hybridized carbons (Fsp3) is 0.350. The van der Waals surface area contributed by atoms with Crippen molar-refractivity contribution in [1.29, 1.82) is 0 Å². The van der Waals surface area contributed by atoms with E-state index in [9.17, 15) is 4.79 Å². The molecule has 6 heteroatoms. The number of rotatable bonds is 7. The highest BCUT2D eigenvalue weighted by atomic mass is 16.5. The molecule has 3 rings (SSSR count). The summed E-state index contributed by atoms with van der Waals surface area (Å²) < 4.78 is 16.5. The van der Waals surface area contributed by atoms with Gasteiger partial charge in [-0.2, -0.15) is 0 Å². The maximum Gasteiger partial charge on any atom is 0.321 e. The van der Waals surface area contributed by atoms with Crippen LogP contribution >= 0.6 is 0 Å². The van der Waals surface area contributed by atoms with E-state index in [0.717, 1.165) is 17.0 Å². The normalized spacial score (nSPS) is 14.1. The van der Waals surface area contributed by atoms with Crippen LogP contribution < -0.4 is 10.1 Å². The van der Waals surface area contributed by atoms with Crippen molar-refractivity contribution in [1.82, 2.24) is 4.90 Å². The third kappa shape index (κ3) is 5.75. The number of para-hydroxylation sites is 1. The number of carbonyl (C=O) groups excluding carboxylic acids is 1. The molecule has 0 atom stereocenters. The lowest BCUT2D eigenvalue weighted by molar-refractivity contribution is 0.0564. The van der Waals surface area contributed by atoms with Crippen molar-refractivity contribution in [3.63, 3.8) is 0 Å². The summed E-state index contributed by atoms with van der Waals surface area (Å²) in [5, 5.41) is 2.93. The third-order valence-corrected chi connectivity index (χ3v) is 3.98. The summed E-state index contributed by atoms with van der Waals surface area (Å²) in [6.07, 6.45) is 0. The summed E-state index contributed by atoms with van der Waals surface area (Å²) in [5.74, 6) is 0.837. The first kappa shape index (κ1) is 18.2. The van der Waals surface area contributed by atoms with E-state index in [1.807, 2.05) is 54.6 Å². The molecular formula is C20H24N2O4. The van der Waals surface area contributed by atoms with Crippen molar-refractivity contribution in [3.05, 3.63) is 60.2 Å². The number of benzene rings is 2. The van der Waals surface area contributed by atoms with Crippen LogP contribution in [0.5, 0.6) is 5.75 Å². The average Bonchev–Trinajstić information content (AvgIpc) is 2.69. The fourth-order valence-electron chi connectivity index (χ4n) is 2.63. The fourth-order valence-corrected chi connectivity index (χ4v) is 2.63. The quantitative estimate of drug-likeness (QED) is 0.774. The van der Waals surface area contributed by atoms with Gasteiger partial charge in [0.2, 0.25) is 0 Å². The molecule has 2 aromatic carbocycles. The lowest BCUT2D eigenvalue weighted by atomic mass is 10.2. The molecule has 0 aromatic heterocycles. The summed E-state index contributed by atoms with van der Waals surface area (Å²) in [7, 11) is 0. The summed E-state index contributed by atoms with van der Waals surface area (Å²) in [6, 6.07) is 17.3. The number of nitrogens with zero attached hydrogens (tertiary/aromatic N) is 1. The van der Waals surface area contributed by atoms with E-state index >= 15 is 0 Å². The zero-order valence-corrected chi connectivity index (χ0v) is 14.7. The number of ether oxygens (including phenoxy) is 3. The SMILES string of the molecule is O=C(Nc1cccc(COCCOc2ccccc2)c1)N1CCOCC1. The Labute approximate surface area is 153 Å². The Morgan fingerprint density at radius 2 is 1.85 bits per heavy atom. The number of carbonyl (C=O) groups is 1. The Balaban J connectivity index is 1.40. The predicted octanol–water partition coefficient (Wildman–Crippen LogP) is 3.15. The van der Waals surface area contributed by atoms with Crippen LogP contribution in [0.1, 0.15) is 5.56 Å². The first-order valence-electron chi connectivity index (χ1n) is 8.79. The highest BCUT2D eigenvalue weighted by molar-refractivity contribution is 5.89. The van der Waals surface area contributed by atoms with Crippen molar-refractivity contribution < 1.29 is 19.0 Å². The van der Waals surface area contributed by atoms with E-state index in [2.05, 4.69) is 5.32 Å². The standard InChI is InChI=1S/C20H24N2O4/c23-20(22-9-11-24-12-10-22)21-18-6-4-5-17(15-18)16-25-13-14-26-19-7-2-1-3-8-19/h1-8,15H,9-14,16H2,(H,21,23). The van der Waals surface area contributed by atoms with Crippen LogP contribution in [-0.4, -0.2) is 50.4 Å². The second kappa shape index (κ2) is 9.79. The zero-order valence-electron chi connectivity index (χ0n) is 14.7. The number of amides is 2. The van der Waals surface area contributed by atoms with Crippen LogP contribution in [0.25, 0.3) is 0 Å². The van der Waals surface area contributed by atoms with Crippen molar-refractivity contribution >= 4 is 11.7 Å². The number of nitrogens with one attached hydrogen (secondary N) is 1. The number of urea groups is 1. The lowest BCUT2D eigenvalue weighted by Crippen LogP contribution is -2.43. The Hall–Kier alpha value is -2.57. The maximum atomic E-state index is 12.2. The van der Waals surface area contributed by atoms with Gasteiger partial charge in [0.1, 0.15) is 12.4 Å². The van der Waals surface area contributed by atoms with E-state index in [1.165, 1.54) is 0 Å². The van der Waals surface area contributed by atoms with Crippen molar-refractivity contribution in [2.45, 2.75) is 6.61 Å². The minimum Gasteiger partial charge on any atom is -0.491 e. The summed E-state index contributed by atoms with van der Waals surface area (Å²) >= 11 is 0. The second-order valence-electron chi connectivity index (χ2n) is 5.94. The highest BCUT2D eigenvalue weighted by Gasteiger charge is 2.16. The molecule has 0 radical (unpaired) electrons. The number of anilines is 1. The molecule has 2 aromatic rings. The lowest BCUT2D eigenvalue weighted by Gasteiger charge is -2.27. The molecule has 1 N–H and O–H groups in total. The Bertz CT molecular complexity index is 687. The van der Waals surface area contributed by atoms with E-state index < -0.39 is 0 Å². The zero-order chi connectivity index (χ0) is 18.0. The molecule has 6 nitrogen and oxygen atoms in total. The molecule has 1 heterocycles. The van der Waals surface area contributed by atoms with Crippen LogP contribution in [0.3, 0.4) is 0 Å². The van der Waals surface area contributed by atoms with Crippen LogP contribution in [0, 0.1) is 0 Å². The molecule has 0 bridgehead atoms.